The van der Waals surface area contributed by atoms with Gasteiger partial charge in [-0.2, -0.15) is 0 Å². The van der Waals surface area contributed by atoms with Gasteiger partial charge in [-0.1, -0.05) is 4.17 Å². The number of benzene rings is 1. The van der Waals surface area contributed by atoms with Crippen molar-refractivity contribution in [1.82, 2.24) is 0 Å². The van der Waals surface area contributed by atoms with Crippen molar-refractivity contribution < 1.29 is 13.7 Å². The first kappa shape index (κ1) is 12.8. The first-order valence-corrected chi connectivity index (χ1v) is 6.11. The summed E-state index contributed by atoms with van der Waals surface area (Å²) in [6.07, 6.45) is 2.17. The molecule has 0 N–H and O–H groups in total. The van der Waals surface area contributed by atoms with E-state index in [1.54, 1.807) is 12.1 Å². The van der Waals surface area contributed by atoms with E-state index in [1.807, 2.05) is 0 Å². The molecule has 0 atom stereocenters. The Morgan fingerprint density at radius 1 is 1.39 bits per heavy atom. The molecule has 0 aromatic heterocycles. The van der Waals surface area contributed by atoms with Crippen LogP contribution >= 0.6 is 0 Å². The van der Waals surface area contributed by atoms with Crippen molar-refractivity contribution >= 4 is 30.2 Å². The molecule has 5 nitrogen and oxygen atoms in total. The molecule has 6 heteroatoms. The van der Waals surface area contributed by atoms with Crippen LogP contribution in [0.3, 0.4) is 0 Å². The van der Waals surface area contributed by atoms with Gasteiger partial charge in [-0.05, 0) is 18.9 Å². The summed E-state index contributed by atoms with van der Waals surface area (Å²) < 4.78 is 5.13. The number of anilines is 1. The van der Waals surface area contributed by atoms with Crippen molar-refractivity contribution in [2.75, 3.05) is 25.1 Å². The van der Waals surface area contributed by atoms with Crippen LogP contribution in [0.15, 0.2) is 18.2 Å². The lowest BCUT2D eigenvalue weighted by atomic mass is 10.1. The van der Waals surface area contributed by atoms with E-state index in [-0.39, 0.29) is 0 Å². The number of rotatable bonds is 3. The number of carbonyl (C=O) groups excluding carboxylic acids is 1. The summed E-state index contributed by atoms with van der Waals surface area (Å²) in [5, 5.41) is 0. The summed E-state index contributed by atoms with van der Waals surface area (Å²) in [5.74, 6) is -0.398. The Morgan fingerprint density at radius 2 is 2.06 bits per heavy atom. The van der Waals surface area contributed by atoms with Crippen molar-refractivity contribution in [1.29, 1.82) is 0 Å². The van der Waals surface area contributed by atoms with Crippen LogP contribution in [0, 0.1) is 4.91 Å². The van der Waals surface area contributed by atoms with Gasteiger partial charge in [0, 0.05) is 30.1 Å². The van der Waals surface area contributed by atoms with Crippen molar-refractivity contribution in [2.24, 2.45) is 0 Å². The van der Waals surface area contributed by atoms with Gasteiger partial charge in [-0.15, -0.1) is 0 Å². The Balaban J connectivity index is 2.45. The number of hydrogen-bond donors (Lipinski definition) is 0. The maximum absolute atomic E-state index is 11.7. The van der Waals surface area contributed by atoms with Gasteiger partial charge in [-0.25, -0.2) is 4.79 Å². The number of carbonyl (C=O) groups is 1. The Hall–Kier alpha value is -1.69. The molecule has 1 aliphatic rings. The number of nitrogens with zero attached hydrogens (tertiary/aromatic N) is 2. The van der Waals surface area contributed by atoms with Crippen LogP contribution in [0.1, 0.15) is 23.2 Å². The van der Waals surface area contributed by atoms with Gasteiger partial charge < -0.3 is 22.5 Å². The van der Waals surface area contributed by atoms with E-state index in [0.717, 1.165) is 31.6 Å². The van der Waals surface area contributed by atoms with E-state index >= 15 is 0 Å². The van der Waals surface area contributed by atoms with Gasteiger partial charge in [0.1, 0.15) is 0 Å². The summed E-state index contributed by atoms with van der Waals surface area (Å²) in [6.45, 7) is 1.76. The molecule has 0 spiro atoms. The average molecular weight is 266 g/mol. The molecular formula is C12H14N2O3S. The fourth-order valence-corrected chi connectivity index (χ4v) is 2.25. The topological polar surface area (TPSA) is 49.6 Å². The summed E-state index contributed by atoms with van der Waals surface area (Å²) in [7, 11) is 1.34. The van der Waals surface area contributed by atoms with Crippen molar-refractivity contribution in [3.63, 3.8) is 0 Å². The molecule has 0 amide bonds. The Bertz CT molecular complexity index is 484. The molecule has 2 rings (SSSR count). The smallest absolute Gasteiger partial charge is 0.339 e. The quantitative estimate of drug-likeness (QED) is 0.475. The Labute approximate surface area is 111 Å². The van der Waals surface area contributed by atoms with Crippen LogP contribution < -0.4 is 4.90 Å². The minimum absolute atomic E-state index is 0.361. The SMILES string of the molecule is COC(=O)c1ccc([N+](=O)[S-])cc1N1CCCC1. The van der Waals surface area contributed by atoms with E-state index in [4.69, 9.17) is 4.74 Å². The predicted molar refractivity (Wildman–Crippen MR) is 69.9 cm³/mol. The predicted octanol–water partition coefficient (Wildman–Crippen LogP) is 1.95. The summed E-state index contributed by atoms with van der Waals surface area (Å²) in [4.78, 5) is 24.9. The molecule has 1 heterocycles. The monoisotopic (exact) mass is 266 g/mol. The molecular weight excluding hydrogens is 252 g/mol. The van der Waals surface area contributed by atoms with Gasteiger partial charge in [0.05, 0.1) is 18.4 Å². The number of ether oxygens (including phenoxy) is 1. The van der Waals surface area contributed by atoms with E-state index in [9.17, 15) is 9.70 Å². The lowest BCUT2D eigenvalue weighted by Gasteiger charge is -2.20. The van der Waals surface area contributed by atoms with E-state index in [2.05, 4.69) is 17.7 Å². The first-order chi connectivity index (χ1) is 8.63. The van der Waals surface area contributed by atoms with Crippen LogP contribution in [-0.4, -0.2) is 30.3 Å². The second-order valence-electron chi connectivity index (χ2n) is 4.14. The highest BCUT2D eigenvalue weighted by Gasteiger charge is 2.22. The normalized spacial score (nSPS) is 14.6. The van der Waals surface area contributed by atoms with Gasteiger partial charge in [0.25, 0.3) is 0 Å². The van der Waals surface area contributed by atoms with Crippen molar-refractivity contribution in [3.8, 4) is 0 Å². The Kier molecular flexibility index (Phi) is 3.76. The molecule has 0 bridgehead atoms. The maximum Gasteiger partial charge on any atom is 0.339 e. The van der Waals surface area contributed by atoms with Crippen LogP contribution in [-0.2, 0) is 17.6 Å². The van der Waals surface area contributed by atoms with Crippen molar-refractivity contribution in [2.45, 2.75) is 12.8 Å². The summed E-state index contributed by atoms with van der Waals surface area (Å²) >= 11 is 4.56. The van der Waals surface area contributed by atoms with Gasteiger partial charge in [-0.3, -0.25) is 0 Å². The number of nitroso groups, excluding NO2 is 1. The molecule has 1 aromatic carbocycles. The number of methoxy groups -OCH3 is 1. The largest absolute Gasteiger partial charge is 0.465 e. The molecule has 96 valence electrons. The van der Waals surface area contributed by atoms with E-state index in [1.165, 1.54) is 13.2 Å². The molecule has 1 fully saturated rings. The van der Waals surface area contributed by atoms with Crippen LogP contribution in [0.25, 0.3) is 0 Å². The lowest BCUT2D eigenvalue weighted by molar-refractivity contribution is -0.262. The van der Waals surface area contributed by atoms with Crippen LogP contribution in [0.4, 0.5) is 11.4 Å². The lowest BCUT2D eigenvalue weighted by Crippen LogP contribution is -2.21. The van der Waals surface area contributed by atoms with Crippen molar-refractivity contribution in [3.05, 3.63) is 28.7 Å². The van der Waals surface area contributed by atoms with Gasteiger partial charge in [0.15, 0.2) is 0 Å². The minimum Gasteiger partial charge on any atom is -0.465 e. The third-order valence-corrected chi connectivity index (χ3v) is 3.26. The maximum atomic E-state index is 11.7. The average Bonchev–Trinajstić information content (AvgIpc) is 2.90. The standard InChI is InChI=1S/C12H14N2O3S/c1-17-12(15)10-5-4-9(14(16)18)8-11(10)13-6-2-3-7-13/h4-5,8H,2-3,6-7H2,1H3. The fraction of sp³-hybridized carbons (Fsp3) is 0.417. The molecule has 0 unspecified atom stereocenters. The molecule has 1 aliphatic heterocycles. The van der Waals surface area contributed by atoms with E-state index < -0.39 is 5.97 Å². The highest BCUT2D eigenvalue weighted by molar-refractivity contribution is 7.51. The van der Waals surface area contributed by atoms with Crippen LogP contribution in [0.2, 0.25) is 0 Å². The number of esters is 1. The minimum atomic E-state index is -0.398. The zero-order valence-electron chi connectivity index (χ0n) is 10.1. The highest BCUT2D eigenvalue weighted by Crippen LogP contribution is 2.29. The molecule has 0 radical (unpaired) electrons. The Morgan fingerprint density at radius 3 is 2.61 bits per heavy atom. The molecule has 0 saturated carbocycles. The number of hydrogen-bond acceptors (Lipinski definition) is 5. The third kappa shape index (κ3) is 2.43. The van der Waals surface area contributed by atoms with E-state index in [0.29, 0.717) is 15.4 Å². The highest BCUT2D eigenvalue weighted by atomic mass is 32.1. The second-order valence-corrected chi connectivity index (χ2v) is 4.48. The second kappa shape index (κ2) is 5.30. The first-order valence-electron chi connectivity index (χ1n) is 5.75. The van der Waals surface area contributed by atoms with Gasteiger partial charge in [0.2, 0.25) is 5.69 Å². The molecule has 1 aromatic rings. The summed E-state index contributed by atoms with van der Waals surface area (Å²) in [5.41, 5.74) is 1.56. The van der Waals surface area contributed by atoms with Gasteiger partial charge >= 0.3 is 5.97 Å². The van der Waals surface area contributed by atoms with Crippen LogP contribution in [0.5, 0.6) is 0 Å². The zero-order valence-corrected chi connectivity index (χ0v) is 10.9. The fourth-order valence-electron chi connectivity index (χ4n) is 2.14. The molecule has 18 heavy (non-hydrogen) atoms. The molecule has 0 aliphatic carbocycles. The zero-order chi connectivity index (χ0) is 13.1. The third-order valence-electron chi connectivity index (χ3n) is 3.04. The molecule has 1 saturated heterocycles. The summed E-state index contributed by atoms with van der Waals surface area (Å²) in [6, 6.07) is 4.77.